The SMILES string of the molecule is CC(CBr)c1ccc([N+](=O)[O-])cn1. The molecule has 0 bridgehead atoms. The molecule has 1 rings (SSSR count). The van der Waals surface area contributed by atoms with Crippen molar-refractivity contribution in [2.45, 2.75) is 12.8 Å². The zero-order chi connectivity index (χ0) is 9.84. The number of pyridine rings is 1. The average molecular weight is 245 g/mol. The van der Waals surface area contributed by atoms with E-state index >= 15 is 0 Å². The smallest absolute Gasteiger partial charge is 0.258 e. The van der Waals surface area contributed by atoms with Crippen molar-refractivity contribution in [3.05, 3.63) is 34.1 Å². The van der Waals surface area contributed by atoms with E-state index in [2.05, 4.69) is 20.9 Å². The Morgan fingerprint density at radius 1 is 1.69 bits per heavy atom. The highest BCUT2D eigenvalue weighted by Gasteiger charge is 2.08. The number of alkyl halides is 1. The van der Waals surface area contributed by atoms with E-state index in [-0.39, 0.29) is 11.6 Å². The molecule has 0 N–H and O–H groups in total. The lowest BCUT2D eigenvalue weighted by Gasteiger charge is -2.04. The molecule has 0 spiro atoms. The van der Waals surface area contributed by atoms with Crippen molar-refractivity contribution in [1.82, 2.24) is 4.98 Å². The molecule has 0 saturated carbocycles. The number of nitro groups is 1. The highest BCUT2D eigenvalue weighted by molar-refractivity contribution is 9.09. The highest BCUT2D eigenvalue weighted by Crippen LogP contribution is 2.17. The Labute approximate surface area is 84.3 Å². The summed E-state index contributed by atoms with van der Waals surface area (Å²) >= 11 is 3.33. The Hall–Kier alpha value is -0.970. The van der Waals surface area contributed by atoms with Gasteiger partial charge in [-0.3, -0.25) is 15.1 Å². The van der Waals surface area contributed by atoms with E-state index in [1.165, 1.54) is 12.3 Å². The summed E-state index contributed by atoms with van der Waals surface area (Å²) in [7, 11) is 0. The van der Waals surface area contributed by atoms with Crippen LogP contribution in [0.4, 0.5) is 5.69 Å². The quantitative estimate of drug-likeness (QED) is 0.467. The van der Waals surface area contributed by atoms with E-state index in [1.54, 1.807) is 6.07 Å². The van der Waals surface area contributed by atoms with Crippen LogP contribution >= 0.6 is 15.9 Å². The van der Waals surface area contributed by atoms with Crippen LogP contribution in [0.3, 0.4) is 0 Å². The molecule has 0 saturated heterocycles. The number of aromatic nitrogens is 1. The maximum absolute atomic E-state index is 10.3. The van der Waals surface area contributed by atoms with Gasteiger partial charge in [0.05, 0.1) is 4.92 Å². The molecule has 0 aliphatic heterocycles. The van der Waals surface area contributed by atoms with Gasteiger partial charge < -0.3 is 0 Å². The zero-order valence-corrected chi connectivity index (χ0v) is 8.69. The maximum atomic E-state index is 10.3. The van der Waals surface area contributed by atoms with Gasteiger partial charge in [0.2, 0.25) is 0 Å². The second-order valence-electron chi connectivity index (χ2n) is 2.75. The third-order valence-electron chi connectivity index (χ3n) is 1.72. The largest absolute Gasteiger partial charge is 0.287 e. The third kappa shape index (κ3) is 2.48. The fourth-order valence-corrected chi connectivity index (χ4v) is 1.21. The fraction of sp³-hybridized carbons (Fsp3) is 0.375. The van der Waals surface area contributed by atoms with Gasteiger partial charge in [-0.1, -0.05) is 22.9 Å². The Bertz CT molecular complexity index is 300. The minimum atomic E-state index is -0.449. The molecule has 0 radical (unpaired) electrons. The van der Waals surface area contributed by atoms with Gasteiger partial charge in [0.1, 0.15) is 6.20 Å². The molecular formula is C8H9BrN2O2. The molecule has 1 unspecified atom stereocenters. The van der Waals surface area contributed by atoms with Gasteiger partial charge in [-0.25, -0.2) is 0 Å². The second kappa shape index (κ2) is 4.32. The summed E-state index contributed by atoms with van der Waals surface area (Å²) in [6.07, 6.45) is 1.29. The third-order valence-corrected chi connectivity index (χ3v) is 2.69. The average Bonchev–Trinajstić information content (AvgIpc) is 2.17. The molecule has 70 valence electrons. The summed E-state index contributed by atoms with van der Waals surface area (Å²) in [4.78, 5) is 13.9. The van der Waals surface area contributed by atoms with Crippen LogP contribution in [0.15, 0.2) is 18.3 Å². The number of rotatable bonds is 3. The normalized spacial score (nSPS) is 12.5. The lowest BCUT2D eigenvalue weighted by atomic mass is 10.1. The molecule has 1 aromatic rings. The predicted molar refractivity (Wildman–Crippen MR) is 53.1 cm³/mol. The number of nitrogens with zero attached hydrogens (tertiary/aromatic N) is 2. The molecule has 13 heavy (non-hydrogen) atoms. The van der Waals surface area contributed by atoms with Crippen LogP contribution < -0.4 is 0 Å². The zero-order valence-electron chi connectivity index (χ0n) is 7.11. The van der Waals surface area contributed by atoms with Crippen molar-refractivity contribution < 1.29 is 4.92 Å². The standard InChI is InChI=1S/C8H9BrN2O2/c1-6(4-9)8-3-2-7(5-10-8)11(12)13/h2-3,5-6H,4H2,1H3. The van der Waals surface area contributed by atoms with E-state index in [1.807, 2.05) is 6.92 Å². The van der Waals surface area contributed by atoms with E-state index in [4.69, 9.17) is 0 Å². The Morgan fingerprint density at radius 2 is 2.38 bits per heavy atom. The van der Waals surface area contributed by atoms with Gasteiger partial charge in [0.15, 0.2) is 0 Å². The van der Waals surface area contributed by atoms with E-state index in [0.717, 1.165) is 11.0 Å². The Kier molecular flexibility index (Phi) is 3.36. The molecule has 0 amide bonds. The number of hydrogen-bond donors (Lipinski definition) is 0. The van der Waals surface area contributed by atoms with Crippen molar-refractivity contribution in [1.29, 1.82) is 0 Å². The van der Waals surface area contributed by atoms with Crippen LogP contribution in [-0.4, -0.2) is 15.2 Å². The molecule has 4 nitrogen and oxygen atoms in total. The molecule has 1 heterocycles. The van der Waals surface area contributed by atoms with Gasteiger partial charge in [-0.15, -0.1) is 0 Å². The second-order valence-corrected chi connectivity index (χ2v) is 3.40. The summed E-state index contributed by atoms with van der Waals surface area (Å²) in [6, 6.07) is 3.16. The first-order valence-corrected chi connectivity index (χ1v) is 4.93. The van der Waals surface area contributed by atoms with Crippen LogP contribution in [0.2, 0.25) is 0 Å². The lowest BCUT2D eigenvalue weighted by molar-refractivity contribution is -0.385. The minimum absolute atomic E-state index is 0.0329. The summed E-state index contributed by atoms with van der Waals surface area (Å²) in [5, 5.41) is 11.1. The molecule has 1 aromatic heterocycles. The molecule has 0 aliphatic rings. The van der Waals surface area contributed by atoms with Gasteiger partial charge in [-0.2, -0.15) is 0 Å². The summed E-state index contributed by atoms with van der Waals surface area (Å²) in [6.45, 7) is 2.00. The van der Waals surface area contributed by atoms with Crippen LogP contribution in [0, 0.1) is 10.1 Å². The van der Waals surface area contributed by atoms with Gasteiger partial charge in [0, 0.05) is 23.0 Å². The van der Waals surface area contributed by atoms with Gasteiger partial charge in [0.25, 0.3) is 5.69 Å². The first kappa shape index (κ1) is 10.1. The molecule has 1 atom stereocenters. The minimum Gasteiger partial charge on any atom is -0.258 e. The van der Waals surface area contributed by atoms with Crippen LogP contribution in [0.5, 0.6) is 0 Å². The topological polar surface area (TPSA) is 56.0 Å². The van der Waals surface area contributed by atoms with E-state index in [9.17, 15) is 10.1 Å². The maximum Gasteiger partial charge on any atom is 0.287 e. The van der Waals surface area contributed by atoms with Crippen molar-refractivity contribution in [2.24, 2.45) is 0 Å². The molecule has 0 aromatic carbocycles. The lowest BCUT2D eigenvalue weighted by Crippen LogP contribution is -1.98. The first-order valence-electron chi connectivity index (χ1n) is 3.81. The molecule has 0 aliphatic carbocycles. The summed E-state index contributed by atoms with van der Waals surface area (Å²) < 4.78 is 0. The van der Waals surface area contributed by atoms with E-state index < -0.39 is 4.92 Å². The Balaban J connectivity index is 2.87. The first-order chi connectivity index (χ1) is 6.15. The van der Waals surface area contributed by atoms with Crippen molar-refractivity contribution >= 4 is 21.6 Å². The predicted octanol–water partition coefficient (Wildman–Crippen LogP) is 2.49. The van der Waals surface area contributed by atoms with Crippen LogP contribution in [0.25, 0.3) is 0 Å². The molecule has 5 heteroatoms. The monoisotopic (exact) mass is 244 g/mol. The Morgan fingerprint density at radius 3 is 2.77 bits per heavy atom. The highest BCUT2D eigenvalue weighted by atomic mass is 79.9. The van der Waals surface area contributed by atoms with Crippen molar-refractivity contribution in [2.75, 3.05) is 5.33 Å². The van der Waals surface area contributed by atoms with Crippen LogP contribution in [-0.2, 0) is 0 Å². The summed E-state index contributed by atoms with van der Waals surface area (Å²) in [5.74, 6) is 0.279. The fourth-order valence-electron chi connectivity index (χ4n) is 0.876. The van der Waals surface area contributed by atoms with E-state index in [0.29, 0.717) is 0 Å². The van der Waals surface area contributed by atoms with Crippen LogP contribution in [0.1, 0.15) is 18.5 Å². The van der Waals surface area contributed by atoms with Gasteiger partial charge in [-0.05, 0) is 6.07 Å². The molecule has 0 fully saturated rings. The van der Waals surface area contributed by atoms with Crippen molar-refractivity contribution in [3.8, 4) is 0 Å². The number of halogens is 1. The molecular weight excluding hydrogens is 236 g/mol. The van der Waals surface area contributed by atoms with Crippen molar-refractivity contribution in [3.63, 3.8) is 0 Å². The summed E-state index contributed by atoms with van der Waals surface area (Å²) in [5.41, 5.74) is 0.896. The van der Waals surface area contributed by atoms with Gasteiger partial charge >= 0.3 is 0 Å². The number of hydrogen-bond acceptors (Lipinski definition) is 3.